The number of halogens is 2. The van der Waals surface area contributed by atoms with E-state index in [1.165, 1.54) is 0 Å². The second-order valence-corrected chi connectivity index (χ2v) is 5.02. The van der Waals surface area contributed by atoms with Gasteiger partial charge in [0.05, 0.1) is 10.6 Å². The number of nitrogens with zero attached hydrogens (tertiary/aromatic N) is 1. The Kier molecular flexibility index (Phi) is 3.92. The number of hydrogen-bond donors (Lipinski definition) is 1. The molecule has 1 saturated heterocycles. The number of rotatable bonds is 1. The quantitative estimate of drug-likeness (QED) is 0.852. The third-order valence-corrected chi connectivity index (χ3v) is 3.49. The van der Waals surface area contributed by atoms with Crippen LogP contribution in [0.4, 0.5) is 0 Å². The van der Waals surface area contributed by atoms with Crippen LogP contribution in [0.3, 0.4) is 0 Å². The van der Waals surface area contributed by atoms with Crippen LogP contribution in [0.5, 0.6) is 0 Å². The Morgan fingerprint density at radius 2 is 2.24 bits per heavy atom. The van der Waals surface area contributed by atoms with Crippen molar-refractivity contribution in [2.24, 2.45) is 0 Å². The minimum absolute atomic E-state index is 0.0495. The van der Waals surface area contributed by atoms with Crippen LogP contribution in [0.25, 0.3) is 0 Å². The van der Waals surface area contributed by atoms with Crippen LogP contribution < -0.4 is 5.32 Å². The van der Waals surface area contributed by atoms with Gasteiger partial charge >= 0.3 is 0 Å². The van der Waals surface area contributed by atoms with Gasteiger partial charge in [-0.1, -0.05) is 23.2 Å². The largest absolute Gasteiger partial charge is 0.333 e. The van der Waals surface area contributed by atoms with Gasteiger partial charge in [-0.05, 0) is 25.1 Å². The lowest BCUT2D eigenvalue weighted by Crippen LogP contribution is -2.52. The van der Waals surface area contributed by atoms with Gasteiger partial charge in [-0.2, -0.15) is 0 Å². The van der Waals surface area contributed by atoms with E-state index in [9.17, 15) is 4.79 Å². The molecule has 0 saturated carbocycles. The smallest absolute Gasteiger partial charge is 0.255 e. The number of piperazine rings is 1. The summed E-state index contributed by atoms with van der Waals surface area (Å²) in [5, 5.41) is 4.22. The molecule has 1 aromatic rings. The third-order valence-electron chi connectivity index (χ3n) is 2.92. The Balaban J connectivity index is 2.26. The maximum atomic E-state index is 12.3. The summed E-state index contributed by atoms with van der Waals surface area (Å²) in [6.45, 7) is 4.34. The predicted molar refractivity (Wildman–Crippen MR) is 69.8 cm³/mol. The van der Waals surface area contributed by atoms with Crippen LogP contribution in [0.2, 0.25) is 10.0 Å². The van der Waals surface area contributed by atoms with E-state index in [1.54, 1.807) is 18.2 Å². The average Bonchev–Trinajstić information content (AvgIpc) is 2.32. The summed E-state index contributed by atoms with van der Waals surface area (Å²) in [6, 6.07) is 5.14. The van der Waals surface area contributed by atoms with Crippen molar-refractivity contribution in [3.05, 3.63) is 33.8 Å². The molecule has 92 valence electrons. The summed E-state index contributed by atoms with van der Waals surface area (Å²) < 4.78 is 0. The highest BCUT2D eigenvalue weighted by Crippen LogP contribution is 2.23. The molecule has 0 bridgehead atoms. The van der Waals surface area contributed by atoms with E-state index in [0.717, 1.165) is 13.1 Å². The van der Waals surface area contributed by atoms with Gasteiger partial charge in [-0.15, -0.1) is 0 Å². The monoisotopic (exact) mass is 272 g/mol. The highest BCUT2D eigenvalue weighted by molar-refractivity contribution is 6.35. The van der Waals surface area contributed by atoms with Crippen LogP contribution in [-0.4, -0.2) is 36.5 Å². The van der Waals surface area contributed by atoms with Crippen molar-refractivity contribution >= 4 is 29.1 Å². The molecule has 1 aliphatic heterocycles. The Hall–Kier alpha value is -0.770. The van der Waals surface area contributed by atoms with Gasteiger partial charge in [0.1, 0.15) is 0 Å². The van der Waals surface area contributed by atoms with Gasteiger partial charge in [0.25, 0.3) is 5.91 Å². The molecule has 17 heavy (non-hydrogen) atoms. The molecule has 5 heteroatoms. The molecule has 1 aromatic carbocycles. The van der Waals surface area contributed by atoms with Crippen LogP contribution >= 0.6 is 23.2 Å². The highest BCUT2D eigenvalue weighted by Gasteiger charge is 2.25. The zero-order valence-electron chi connectivity index (χ0n) is 9.54. The topological polar surface area (TPSA) is 32.3 Å². The van der Waals surface area contributed by atoms with Crippen LogP contribution in [0.1, 0.15) is 17.3 Å². The molecule has 0 radical (unpaired) electrons. The maximum absolute atomic E-state index is 12.3. The van der Waals surface area contributed by atoms with Crippen LogP contribution in [-0.2, 0) is 0 Å². The second kappa shape index (κ2) is 5.25. The number of nitrogens with one attached hydrogen (secondary N) is 1. The summed E-state index contributed by atoms with van der Waals surface area (Å²) in [7, 11) is 0. The first-order chi connectivity index (χ1) is 8.09. The first-order valence-corrected chi connectivity index (χ1v) is 6.32. The molecule has 1 heterocycles. The molecule has 0 spiro atoms. The van der Waals surface area contributed by atoms with Gasteiger partial charge in [0, 0.05) is 30.7 Å². The Labute approximate surface area is 111 Å². The fraction of sp³-hybridized carbons (Fsp3) is 0.417. The van der Waals surface area contributed by atoms with Crippen LogP contribution in [0.15, 0.2) is 18.2 Å². The first-order valence-electron chi connectivity index (χ1n) is 5.56. The minimum Gasteiger partial charge on any atom is -0.333 e. The lowest BCUT2D eigenvalue weighted by molar-refractivity contribution is 0.0656. The second-order valence-electron chi connectivity index (χ2n) is 4.18. The summed E-state index contributed by atoms with van der Waals surface area (Å²) in [5.74, 6) is -0.0495. The molecule has 3 nitrogen and oxygen atoms in total. The number of amides is 1. The molecular formula is C12H14Cl2N2O. The predicted octanol–water partition coefficient (Wildman–Crippen LogP) is 2.43. The van der Waals surface area contributed by atoms with Crippen molar-refractivity contribution in [1.29, 1.82) is 0 Å². The fourth-order valence-corrected chi connectivity index (χ4v) is 2.33. The molecule has 1 N–H and O–H groups in total. The van der Waals surface area contributed by atoms with E-state index < -0.39 is 0 Å². The number of hydrogen-bond acceptors (Lipinski definition) is 2. The van der Waals surface area contributed by atoms with Gasteiger partial charge in [0.15, 0.2) is 0 Å². The zero-order valence-corrected chi connectivity index (χ0v) is 11.1. The summed E-state index contributed by atoms with van der Waals surface area (Å²) >= 11 is 11.9. The Morgan fingerprint density at radius 1 is 1.47 bits per heavy atom. The first kappa shape index (κ1) is 12.7. The molecule has 1 aliphatic rings. The van der Waals surface area contributed by atoms with E-state index in [4.69, 9.17) is 23.2 Å². The van der Waals surface area contributed by atoms with Crippen LogP contribution in [0, 0.1) is 0 Å². The van der Waals surface area contributed by atoms with Crippen molar-refractivity contribution in [2.45, 2.75) is 13.0 Å². The molecular weight excluding hydrogens is 259 g/mol. The van der Waals surface area contributed by atoms with Gasteiger partial charge < -0.3 is 10.2 Å². The number of benzene rings is 1. The van der Waals surface area contributed by atoms with Crippen molar-refractivity contribution < 1.29 is 4.79 Å². The molecule has 0 aliphatic carbocycles. The number of carbonyl (C=O) groups is 1. The lowest BCUT2D eigenvalue weighted by atomic mass is 10.1. The van der Waals surface area contributed by atoms with Gasteiger partial charge in [-0.3, -0.25) is 4.79 Å². The van der Waals surface area contributed by atoms with Crippen molar-refractivity contribution in [3.63, 3.8) is 0 Å². The highest BCUT2D eigenvalue weighted by atomic mass is 35.5. The normalized spacial score (nSPS) is 20.4. The van der Waals surface area contributed by atoms with Crippen molar-refractivity contribution in [2.75, 3.05) is 19.6 Å². The minimum atomic E-state index is -0.0495. The summed E-state index contributed by atoms with van der Waals surface area (Å²) in [5.41, 5.74) is 0.480. The standard InChI is InChI=1S/C12H14Cl2N2O/c1-8-7-15-4-5-16(8)12(17)10-6-9(13)2-3-11(10)14/h2-3,6,8,15H,4-5,7H2,1H3/t8-/m1/s1. The lowest BCUT2D eigenvalue weighted by Gasteiger charge is -2.34. The van der Waals surface area contributed by atoms with Crippen molar-refractivity contribution in [1.82, 2.24) is 10.2 Å². The molecule has 0 unspecified atom stereocenters. The fourth-order valence-electron chi connectivity index (χ4n) is 1.96. The molecule has 1 fully saturated rings. The zero-order chi connectivity index (χ0) is 12.4. The molecule has 1 atom stereocenters. The molecule has 1 amide bonds. The molecule has 2 rings (SSSR count). The van der Waals surface area contributed by atoms with E-state index in [0.29, 0.717) is 22.2 Å². The SMILES string of the molecule is C[C@@H]1CNCCN1C(=O)c1cc(Cl)ccc1Cl. The number of carbonyl (C=O) groups excluding carboxylic acids is 1. The third kappa shape index (κ3) is 2.73. The maximum Gasteiger partial charge on any atom is 0.255 e. The Morgan fingerprint density at radius 3 is 2.94 bits per heavy atom. The average molecular weight is 273 g/mol. The van der Waals surface area contributed by atoms with E-state index >= 15 is 0 Å². The van der Waals surface area contributed by atoms with E-state index in [-0.39, 0.29) is 11.9 Å². The van der Waals surface area contributed by atoms with E-state index in [1.807, 2.05) is 11.8 Å². The van der Waals surface area contributed by atoms with Crippen molar-refractivity contribution in [3.8, 4) is 0 Å². The van der Waals surface area contributed by atoms with E-state index in [2.05, 4.69) is 5.32 Å². The summed E-state index contributed by atoms with van der Waals surface area (Å²) in [4.78, 5) is 14.2. The van der Waals surface area contributed by atoms with Gasteiger partial charge in [-0.25, -0.2) is 0 Å². The van der Waals surface area contributed by atoms with Gasteiger partial charge in [0.2, 0.25) is 0 Å². The summed E-state index contributed by atoms with van der Waals surface area (Å²) in [6.07, 6.45) is 0. The molecule has 0 aromatic heterocycles. The Bertz CT molecular complexity index is 437.